The molecule has 0 aliphatic heterocycles. The van der Waals surface area contributed by atoms with Gasteiger partial charge in [0.2, 0.25) is 0 Å². The molecule has 26 heavy (non-hydrogen) atoms. The zero-order valence-electron chi connectivity index (χ0n) is 15.7. The van der Waals surface area contributed by atoms with Gasteiger partial charge >= 0.3 is 0 Å². The fourth-order valence-electron chi connectivity index (χ4n) is 3.37. The first-order valence-corrected chi connectivity index (χ1v) is 8.76. The molecule has 0 N–H and O–H groups in total. The highest BCUT2D eigenvalue weighted by Gasteiger charge is 2.28. The van der Waals surface area contributed by atoms with Gasteiger partial charge in [0.25, 0.3) is 5.91 Å². The van der Waals surface area contributed by atoms with E-state index in [-0.39, 0.29) is 11.9 Å². The van der Waals surface area contributed by atoms with Crippen molar-refractivity contribution in [2.45, 2.75) is 26.8 Å². The highest BCUT2D eigenvalue weighted by Crippen LogP contribution is 2.30. The third-order valence-electron chi connectivity index (χ3n) is 4.40. The molecule has 5 heteroatoms. The number of hydrogen-bond donors (Lipinski definition) is 0. The van der Waals surface area contributed by atoms with E-state index in [0.29, 0.717) is 12.2 Å². The zero-order chi connectivity index (χ0) is 18.7. The van der Waals surface area contributed by atoms with Crippen molar-refractivity contribution >= 4 is 5.91 Å². The fourth-order valence-corrected chi connectivity index (χ4v) is 3.37. The summed E-state index contributed by atoms with van der Waals surface area (Å²) in [4.78, 5) is 23.5. The van der Waals surface area contributed by atoms with Crippen molar-refractivity contribution in [1.29, 1.82) is 0 Å². The maximum Gasteiger partial charge on any atom is 0.274 e. The summed E-state index contributed by atoms with van der Waals surface area (Å²) < 4.78 is 1.79. The second-order valence-corrected chi connectivity index (χ2v) is 6.63. The van der Waals surface area contributed by atoms with Crippen LogP contribution in [0, 0.1) is 13.8 Å². The van der Waals surface area contributed by atoms with Crippen LogP contribution in [0.4, 0.5) is 0 Å². The van der Waals surface area contributed by atoms with Crippen LogP contribution >= 0.6 is 0 Å². The molecule has 1 aromatic carbocycles. The summed E-state index contributed by atoms with van der Waals surface area (Å²) in [7, 11) is 1.86. The molecule has 0 saturated heterocycles. The Morgan fingerprint density at radius 1 is 1.19 bits per heavy atom. The zero-order valence-corrected chi connectivity index (χ0v) is 15.7. The summed E-state index contributed by atoms with van der Waals surface area (Å²) in [5.41, 5.74) is 4.88. The van der Waals surface area contributed by atoms with Crippen molar-refractivity contribution in [2.24, 2.45) is 7.05 Å². The van der Waals surface area contributed by atoms with E-state index in [1.807, 2.05) is 37.2 Å². The summed E-state index contributed by atoms with van der Waals surface area (Å²) in [5.74, 6) is -0.0823. The molecule has 0 radical (unpaired) electrons. The number of rotatable bonds is 5. The molecule has 1 amide bonds. The van der Waals surface area contributed by atoms with Crippen LogP contribution in [0.15, 0.2) is 55.2 Å². The first kappa shape index (κ1) is 17.9. The highest BCUT2D eigenvalue weighted by atomic mass is 16.2. The molecule has 2 heterocycles. The Balaban J connectivity index is 2.10. The number of pyridine rings is 1. The molecule has 0 saturated carbocycles. The fraction of sp³-hybridized carbons (Fsp3) is 0.286. The lowest BCUT2D eigenvalue weighted by molar-refractivity contribution is 0.0711. The van der Waals surface area contributed by atoms with Gasteiger partial charge in [0.1, 0.15) is 5.69 Å². The molecule has 0 unspecified atom stereocenters. The van der Waals surface area contributed by atoms with E-state index in [2.05, 4.69) is 42.0 Å². The largest absolute Gasteiger partial charge is 0.340 e. The first-order chi connectivity index (χ1) is 12.5. The quantitative estimate of drug-likeness (QED) is 0.707. The second kappa shape index (κ2) is 7.52. The summed E-state index contributed by atoms with van der Waals surface area (Å²) >= 11 is 0. The predicted octanol–water partition coefficient (Wildman–Crippen LogP) is 3.68. The number of carbonyl (C=O) groups excluding carboxylic acids is 1. The molecule has 0 fully saturated rings. The summed E-state index contributed by atoms with van der Waals surface area (Å²) in [6, 6.07) is 10.1. The van der Waals surface area contributed by atoms with E-state index >= 15 is 0 Å². The van der Waals surface area contributed by atoms with Gasteiger partial charge in [-0.1, -0.05) is 35.4 Å². The molecule has 2 aromatic heterocycles. The molecule has 134 valence electrons. The van der Waals surface area contributed by atoms with Crippen molar-refractivity contribution in [3.63, 3.8) is 0 Å². The van der Waals surface area contributed by atoms with Crippen molar-refractivity contribution in [1.82, 2.24) is 19.4 Å². The van der Waals surface area contributed by atoms with E-state index in [0.717, 1.165) is 11.1 Å². The first-order valence-electron chi connectivity index (χ1n) is 8.76. The molecule has 3 rings (SSSR count). The minimum atomic E-state index is -0.207. The number of carbonyl (C=O) groups is 1. The van der Waals surface area contributed by atoms with Crippen LogP contribution in [0.5, 0.6) is 0 Å². The molecule has 0 spiro atoms. The molecular formula is C21H24N4O. The minimum Gasteiger partial charge on any atom is -0.340 e. The van der Waals surface area contributed by atoms with Crippen molar-refractivity contribution in [3.8, 4) is 0 Å². The lowest BCUT2D eigenvalue weighted by Crippen LogP contribution is -2.35. The summed E-state index contributed by atoms with van der Waals surface area (Å²) in [5, 5.41) is 0. The highest BCUT2D eigenvalue weighted by molar-refractivity contribution is 5.92. The van der Waals surface area contributed by atoms with Crippen molar-refractivity contribution in [2.75, 3.05) is 6.54 Å². The lowest BCUT2D eigenvalue weighted by Gasteiger charge is -2.31. The van der Waals surface area contributed by atoms with Crippen LogP contribution < -0.4 is 0 Å². The number of hydrogen-bond acceptors (Lipinski definition) is 3. The monoisotopic (exact) mass is 348 g/mol. The van der Waals surface area contributed by atoms with Crippen LogP contribution in [0.3, 0.4) is 0 Å². The second-order valence-electron chi connectivity index (χ2n) is 6.63. The van der Waals surface area contributed by atoms with Gasteiger partial charge in [-0.05, 0) is 38.0 Å². The Kier molecular flexibility index (Phi) is 5.16. The molecule has 5 nitrogen and oxygen atoms in total. The van der Waals surface area contributed by atoms with Crippen molar-refractivity contribution in [3.05, 3.63) is 83.2 Å². The van der Waals surface area contributed by atoms with Crippen LogP contribution in [-0.4, -0.2) is 31.9 Å². The van der Waals surface area contributed by atoms with Crippen LogP contribution in [0.2, 0.25) is 0 Å². The van der Waals surface area contributed by atoms with E-state index < -0.39 is 0 Å². The maximum atomic E-state index is 13.2. The number of benzene rings is 1. The third-order valence-corrected chi connectivity index (χ3v) is 4.40. The minimum absolute atomic E-state index is 0.0823. The van der Waals surface area contributed by atoms with Crippen LogP contribution in [0.25, 0.3) is 0 Å². The molecule has 0 aliphatic carbocycles. The van der Waals surface area contributed by atoms with E-state index in [9.17, 15) is 4.79 Å². The summed E-state index contributed by atoms with van der Waals surface area (Å²) in [6.07, 6.45) is 6.99. The standard InChI is InChI=1S/C21H24N4O/c1-5-25(21(26)19-13-24(4)14-23-19)20(17-7-6-8-22-12-17)18-10-15(2)9-16(3)11-18/h6-14,20H,5H2,1-4H3/t20-/m1/s1. The third kappa shape index (κ3) is 3.67. The topological polar surface area (TPSA) is 51.0 Å². The predicted molar refractivity (Wildman–Crippen MR) is 102 cm³/mol. The SMILES string of the molecule is CCN(C(=O)c1cn(C)cn1)[C@H](c1cccnc1)c1cc(C)cc(C)c1. The Morgan fingerprint density at radius 2 is 1.92 bits per heavy atom. The number of nitrogens with zero attached hydrogens (tertiary/aromatic N) is 4. The normalized spacial score (nSPS) is 12.0. The number of aromatic nitrogens is 3. The maximum absolute atomic E-state index is 13.2. The van der Waals surface area contributed by atoms with Crippen LogP contribution in [-0.2, 0) is 7.05 Å². The van der Waals surface area contributed by atoms with Gasteiger partial charge in [-0.15, -0.1) is 0 Å². The molecule has 3 aromatic rings. The average molecular weight is 348 g/mol. The molecule has 0 aliphatic rings. The van der Waals surface area contributed by atoms with Gasteiger partial charge in [-0.2, -0.15) is 0 Å². The molecule has 1 atom stereocenters. The van der Waals surface area contributed by atoms with Gasteiger partial charge in [0.15, 0.2) is 0 Å². The van der Waals surface area contributed by atoms with Gasteiger partial charge in [-0.25, -0.2) is 4.98 Å². The van der Waals surface area contributed by atoms with Gasteiger partial charge in [-0.3, -0.25) is 9.78 Å². The molecule has 0 bridgehead atoms. The number of imidazole rings is 1. The number of amides is 1. The Morgan fingerprint density at radius 3 is 2.46 bits per heavy atom. The van der Waals surface area contributed by atoms with Gasteiger partial charge in [0, 0.05) is 32.2 Å². The van der Waals surface area contributed by atoms with Crippen molar-refractivity contribution < 1.29 is 4.79 Å². The molecular weight excluding hydrogens is 324 g/mol. The Hall–Kier alpha value is -2.95. The van der Waals surface area contributed by atoms with E-state index in [1.165, 1.54) is 11.1 Å². The Bertz CT molecular complexity index is 881. The van der Waals surface area contributed by atoms with E-state index in [1.54, 1.807) is 23.3 Å². The smallest absolute Gasteiger partial charge is 0.274 e. The van der Waals surface area contributed by atoms with Gasteiger partial charge < -0.3 is 9.47 Å². The van der Waals surface area contributed by atoms with Crippen LogP contribution in [0.1, 0.15) is 45.7 Å². The number of aryl methyl sites for hydroxylation is 3. The average Bonchev–Trinajstić information content (AvgIpc) is 3.05. The summed E-state index contributed by atoms with van der Waals surface area (Å²) in [6.45, 7) is 6.72. The lowest BCUT2D eigenvalue weighted by atomic mass is 9.95. The van der Waals surface area contributed by atoms with E-state index in [4.69, 9.17) is 0 Å². The Labute approximate surface area is 154 Å². The van der Waals surface area contributed by atoms with Gasteiger partial charge in [0.05, 0.1) is 12.4 Å².